The van der Waals surface area contributed by atoms with E-state index >= 15 is 0 Å². The first kappa shape index (κ1) is 15.0. The number of ether oxygens (including phenoxy) is 1. The standard InChI is InChI=1S/C16H22O4S/c1-21(18,19)15-4-2-3-11(8-15)16(17)12-5-6-13-9-20-10-14(13)7-12/h5-7,11,15-17H,2-4,8-10H2,1H3. The predicted molar refractivity (Wildman–Crippen MR) is 80.5 cm³/mol. The molecule has 0 aromatic heterocycles. The summed E-state index contributed by atoms with van der Waals surface area (Å²) < 4.78 is 28.9. The summed E-state index contributed by atoms with van der Waals surface area (Å²) in [6.07, 6.45) is 3.77. The summed E-state index contributed by atoms with van der Waals surface area (Å²) in [7, 11) is -3.02. The van der Waals surface area contributed by atoms with E-state index in [9.17, 15) is 13.5 Å². The molecule has 1 heterocycles. The van der Waals surface area contributed by atoms with Crippen LogP contribution >= 0.6 is 0 Å². The van der Waals surface area contributed by atoms with Gasteiger partial charge in [0, 0.05) is 6.26 Å². The van der Waals surface area contributed by atoms with Crippen LogP contribution in [0.4, 0.5) is 0 Å². The summed E-state index contributed by atoms with van der Waals surface area (Å²) in [4.78, 5) is 0. The molecular formula is C16H22O4S. The molecule has 116 valence electrons. The molecule has 0 radical (unpaired) electrons. The quantitative estimate of drug-likeness (QED) is 0.931. The van der Waals surface area contributed by atoms with E-state index in [1.165, 1.54) is 11.8 Å². The van der Waals surface area contributed by atoms with Gasteiger partial charge in [0.25, 0.3) is 0 Å². The number of aliphatic hydroxyl groups excluding tert-OH is 1. The third kappa shape index (κ3) is 3.15. The van der Waals surface area contributed by atoms with Crippen LogP contribution in [-0.2, 0) is 27.8 Å². The molecule has 0 amide bonds. The van der Waals surface area contributed by atoms with Gasteiger partial charge in [0.05, 0.1) is 24.6 Å². The van der Waals surface area contributed by atoms with Crippen molar-refractivity contribution in [2.45, 2.75) is 50.3 Å². The molecule has 0 bridgehead atoms. The summed E-state index contributed by atoms with van der Waals surface area (Å²) in [5.41, 5.74) is 3.21. The number of rotatable bonds is 3. The van der Waals surface area contributed by atoms with Crippen LogP contribution in [0.5, 0.6) is 0 Å². The van der Waals surface area contributed by atoms with Gasteiger partial charge >= 0.3 is 0 Å². The summed E-state index contributed by atoms with van der Waals surface area (Å²) in [5, 5.41) is 10.3. The molecule has 2 aliphatic rings. The first-order chi connectivity index (χ1) is 9.95. The van der Waals surface area contributed by atoms with E-state index in [4.69, 9.17) is 4.74 Å². The predicted octanol–water partition coefficient (Wildman–Crippen LogP) is 2.35. The molecule has 1 aliphatic heterocycles. The molecular weight excluding hydrogens is 288 g/mol. The van der Waals surface area contributed by atoms with Crippen LogP contribution in [0.2, 0.25) is 0 Å². The highest BCUT2D eigenvalue weighted by Crippen LogP contribution is 2.37. The summed E-state index contributed by atoms with van der Waals surface area (Å²) >= 11 is 0. The molecule has 3 unspecified atom stereocenters. The van der Waals surface area contributed by atoms with Gasteiger partial charge < -0.3 is 9.84 Å². The van der Waals surface area contributed by atoms with Crippen LogP contribution < -0.4 is 0 Å². The minimum absolute atomic E-state index is 0.0267. The van der Waals surface area contributed by atoms with Crippen LogP contribution in [0, 0.1) is 5.92 Å². The number of hydrogen-bond donors (Lipinski definition) is 1. The molecule has 1 aromatic rings. The molecule has 5 heteroatoms. The summed E-state index contributed by atoms with van der Waals surface area (Å²) in [5.74, 6) is 0.0267. The zero-order valence-corrected chi connectivity index (χ0v) is 13.1. The van der Waals surface area contributed by atoms with Crippen LogP contribution in [-0.4, -0.2) is 25.0 Å². The van der Waals surface area contributed by atoms with Gasteiger partial charge in [-0.15, -0.1) is 0 Å². The van der Waals surface area contributed by atoms with Gasteiger partial charge in [0.2, 0.25) is 0 Å². The summed E-state index contributed by atoms with van der Waals surface area (Å²) in [6.45, 7) is 1.25. The van der Waals surface area contributed by atoms with Gasteiger partial charge in [0.1, 0.15) is 9.84 Å². The second-order valence-electron chi connectivity index (χ2n) is 6.34. The van der Waals surface area contributed by atoms with Gasteiger partial charge in [0.15, 0.2) is 0 Å². The van der Waals surface area contributed by atoms with E-state index in [0.717, 1.165) is 30.4 Å². The van der Waals surface area contributed by atoms with Crippen LogP contribution in [0.15, 0.2) is 18.2 Å². The second kappa shape index (κ2) is 5.71. The Bertz CT molecular complexity index is 623. The third-order valence-corrected chi connectivity index (χ3v) is 6.44. The van der Waals surface area contributed by atoms with Crippen molar-refractivity contribution < 1.29 is 18.3 Å². The van der Waals surface area contributed by atoms with Crippen molar-refractivity contribution >= 4 is 9.84 Å². The Balaban J connectivity index is 1.77. The maximum Gasteiger partial charge on any atom is 0.150 e. The lowest BCUT2D eigenvalue weighted by Gasteiger charge is -2.31. The molecule has 3 rings (SSSR count). The van der Waals surface area contributed by atoms with Crippen LogP contribution in [0.3, 0.4) is 0 Å². The Kier molecular flexibility index (Phi) is 4.08. The molecule has 3 atom stereocenters. The van der Waals surface area contributed by atoms with E-state index in [1.807, 2.05) is 18.2 Å². The van der Waals surface area contributed by atoms with Gasteiger partial charge in [-0.3, -0.25) is 0 Å². The maximum absolute atomic E-state index is 11.7. The fourth-order valence-corrected chi connectivity index (χ4v) is 4.70. The average Bonchev–Trinajstić information content (AvgIpc) is 2.93. The Morgan fingerprint density at radius 1 is 1.24 bits per heavy atom. The Morgan fingerprint density at radius 3 is 2.76 bits per heavy atom. The van der Waals surface area contributed by atoms with Crippen molar-refractivity contribution in [1.82, 2.24) is 0 Å². The SMILES string of the molecule is CS(=O)(=O)C1CCCC(C(O)c2ccc3c(c2)COC3)C1. The molecule has 1 saturated carbocycles. The largest absolute Gasteiger partial charge is 0.388 e. The first-order valence-corrected chi connectivity index (χ1v) is 9.47. The van der Waals surface area contributed by atoms with Crippen molar-refractivity contribution in [3.05, 3.63) is 34.9 Å². The molecule has 1 aliphatic carbocycles. The second-order valence-corrected chi connectivity index (χ2v) is 8.67. The van der Waals surface area contributed by atoms with Crippen molar-refractivity contribution in [2.75, 3.05) is 6.26 Å². The zero-order chi connectivity index (χ0) is 15.0. The van der Waals surface area contributed by atoms with Crippen molar-refractivity contribution in [2.24, 2.45) is 5.92 Å². The van der Waals surface area contributed by atoms with Gasteiger partial charge in [-0.2, -0.15) is 0 Å². The van der Waals surface area contributed by atoms with Crippen molar-refractivity contribution in [3.8, 4) is 0 Å². The summed E-state index contributed by atoms with van der Waals surface area (Å²) in [6, 6.07) is 5.97. The van der Waals surface area contributed by atoms with Gasteiger partial charge in [-0.1, -0.05) is 24.6 Å². The topological polar surface area (TPSA) is 63.6 Å². The van der Waals surface area contributed by atoms with Crippen molar-refractivity contribution in [1.29, 1.82) is 0 Å². The van der Waals surface area contributed by atoms with Gasteiger partial charge in [-0.25, -0.2) is 8.42 Å². The van der Waals surface area contributed by atoms with E-state index in [1.54, 1.807) is 0 Å². The monoisotopic (exact) mass is 310 g/mol. The molecule has 1 fully saturated rings. The Hall–Kier alpha value is -0.910. The molecule has 0 saturated heterocycles. The van der Waals surface area contributed by atoms with E-state index in [-0.39, 0.29) is 11.2 Å². The molecule has 0 spiro atoms. The number of fused-ring (bicyclic) bond motifs is 1. The van der Waals surface area contributed by atoms with E-state index < -0.39 is 15.9 Å². The number of hydrogen-bond acceptors (Lipinski definition) is 4. The van der Waals surface area contributed by atoms with Gasteiger partial charge in [-0.05, 0) is 41.9 Å². The number of benzene rings is 1. The molecule has 4 nitrogen and oxygen atoms in total. The molecule has 21 heavy (non-hydrogen) atoms. The number of aliphatic hydroxyl groups is 1. The maximum atomic E-state index is 11.7. The lowest BCUT2D eigenvalue weighted by molar-refractivity contribution is 0.0855. The Morgan fingerprint density at radius 2 is 2.00 bits per heavy atom. The fourth-order valence-electron chi connectivity index (χ4n) is 3.50. The van der Waals surface area contributed by atoms with E-state index in [0.29, 0.717) is 19.6 Å². The van der Waals surface area contributed by atoms with Crippen molar-refractivity contribution in [3.63, 3.8) is 0 Å². The highest BCUT2D eigenvalue weighted by molar-refractivity contribution is 7.91. The Labute approximate surface area is 126 Å². The fraction of sp³-hybridized carbons (Fsp3) is 0.625. The van der Waals surface area contributed by atoms with Crippen LogP contribution in [0.25, 0.3) is 0 Å². The number of sulfone groups is 1. The molecule has 1 aromatic carbocycles. The highest BCUT2D eigenvalue weighted by Gasteiger charge is 2.33. The lowest BCUT2D eigenvalue weighted by atomic mass is 9.82. The average molecular weight is 310 g/mol. The molecule has 1 N–H and O–H groups in total. The lowest BCUT2D eigenvalue weighted by Crippen LogP contribution is -2.30. The van der Waals surface area contributed by atoms with Crippen LogP contribution in [0.1, 0.15) is 48.5 Å². The normalized spacial score (nSPS) is 27.3. The third-order valence-electron chi connectivity index (χ3n) is 4.81. The zero-order valence-electron chi connectivity index (χ0n) is 12.3. The highest BCUT2D eigenvalue weighted by atomic mass is 32.2. The first-order valence-electron chi connectivity index (χ1n) is 7.51. The van der Waals surface area contributed by atoms with E-state index in [2.05, 4.69) is 0 Å². The minimum atomic E-state index is -3.02. The minimum Gasteiger partial charge on any atom is -0.388 e. The smallest absolute Gasteiger partial charge is 0.150 e.